The van der Waals surface area contributed by atoms with Gasteiger partial charge in [-0.05, 0) is 62.1 Å². The van der Waals surface area contributed by atoms with Gasteiger partial charge in [0.05, 0.1) is 68.9 Å². The van der Waals surface area contributed by atoms with E-state index >= 15 is 0 Å². The van der Waals surface area contributed by atoms with E-state index in [1.807, 2.05) is 18.2 Å². The minimum absolute atomic E-state index is 0.00952. The summed E-state index contributed by atoms with van der Waals surface area (Å²) in [6.45, 7) is 9.52. The Balaban J connectivity index is 0.00000146. The number of likely N-dealkylation sites (tertiary alicyclic amines) is 1. The zero-order valence-corrected chi connectivity index (χ0v) is 32.9. The highest BCUT2D eigenvalue weighted by molar-refractivity contribution is 5.99. The van der Waals surface area contributed by atoms with Crippen LogP contribution in [0.2, 0.25) is 0 Å². The molecule has 2 fully saturated rings. The molecule has 6 rings (SSSR count). The number of fused-ring (bicyclic) bond motifs is 1. The number of amides is 2. The van der Waals surface area contributed by atoms with E-state index in [1.165, 1.54) is 18.6 Å². The van der Waals surface area contributed by atoms with Crippen molar-refractivity contribution in [2.75, 3.05) is 85.7 Å². The first-order valence-electron chi connectivity index (χ1n) is 19.6. The Morgan fingerprint density at radius 2 is 1.58 bits per heavy atom. The van der Waals surface area contributed by atoms with Crippen molar-refractivity contribution in [3.8, 4) is 11.9 Å². The van der Waals surface area contributed by atoms with Gasteiger partial charge in [0.15, 0.2) is 5.82 Å². The van der Waals surface area contributed by atoms with Gasteiger partial charge in [-0.25, -0.2) is 14.4 Å². The van der Waals surface area contributed by atoms with Crippen LogP contribution >= 0.6 is 0 Å². The fourth-order valence-corrected chi connectivity index (χ4v) is 6.06. The lowest BCUT2D eigenvalue weighted by atomic mass is 9.93. The summed E-state index contributed by atoms with van der Waals surface area (Å²) in [5, 5.41) is 11.8. The van der Waals surface area contributed by atoms with Crippen molar-refractivity contribution in [2.45, 2.75) is 45.1 Å². The van der Waals surface area contributed by atoms with Crippen molar-refractivity contribution >= 4 is 22.8 Å². The minimum atomic E-state index is -0.499. The van der Waals surface area contributed by atoms with Crippen LogP contribution in [-0.4, -0.2) is 117 Å². The molecule has 0 radical (unpaired) electrons. The normalized spacial score (nSPS) is 14.0. The van der Waals surface area contributed by atoms with Gasteiger partial charge < -0.3 is 43.2 Å². The van der Waals surface area contributed by atoms with Crippen molar-refractivity contribution < 1.29 is 42.4 Å². The summed E-state index contributed by atoms with van der Waals surface area (Å²) in [5.74, 6) is -0.0980. The maximum Gasteiger partial charge on any atom is 0.289 e. The summed E-state index contributed by atoms with van der Waals surface area (Å²) >= 11 is 0. The van der Waals surface area contributed by atoms with Gasteiger partial charge in [-0.15, -0.1) is 0 Å². The molecule has 2 saturated heterocycles. The molecule has 2 aliphatic rings. The van der Waals surface area contributed by atoms with E-state index in [9.17, 15) is 14.0 Å². The first kappa shape index (κ1) is 43.1. The monoisotopic (exact) mass is 788 g/mol. The SMILES string of the molecule is C1COC1.CCCOCCOCCOCCOCCNC(=O)c1ccc2nc(C(=O)N3CCC(c4cccc(OCc5ccc(C#N)cc5F)n4)CC3)n(C)c2c1. The number of hydrogen-bond donors (Lipinski definition) is 1. The fourth-order valence-electron chi connectivity index (χ4n) is 6.06. The second kappa shape index (κ2) is 23.3. The summed E-state index contributed by atoms with van der Waals surface area (Å²) in [6.07, 6.45) is 3.69. The van der Waals surface area contributed by atoms with Crippen LogP contribution in [0.15, 0.2) is 54.6 Å². The Hall–Kier alpha value is -4.98. The number of ether oxygens (including phenoxy) is 6. The molecule has 57 heavy (non-hydrogen) atoms. The van der Waals surface area contributed by atoms with Crippen molar-refractivity contribution in [2.24, 2.45) is 7.05 Å². The highest BCUT2D eigenvalue weighted by Crippen LogP contribution is 2.29. The number of nitrogens with zero attached hydrogens (tertiary/aromatic N) is 5. The zero-order chi connectivity index (χ0) is 40.2. The number of pyridine rings is 1. The maximum absolute atomic E-state index is 14.3. The van der Waals surface area contributed by atoms with Crippen LogP contribution < -0.4 is 10.1 Å². The van der Waals surface area contributed by atoms with Gasteiger partial charge in [-0.1, -0.05) is 19.1 Å². The molecule has 2 aliphatic heterocycles. The molecule has 1 N–H and O–H groups in total. The van der Waals surface area contributed by atoms with Gasteiger partial charge in [0.25, 0.3) is 11.8 Å². The number of aryl methyl sites for hydroxylation is 1. The molecule has 0 bridgehead atoms. The van der Waals surface area contributed by atoms with Gasteiger partial charge in [-0.3, -0.25) is 9.59 Å². The molecule has 0 aliphatic carbocycles. The van der Waals surface area contributed by atoms with Crippen LogP contribution in [-0.2, 0) is 37.3 Å². The lowest BCUT2D eigenvalue weighted by Crippen LogP contribution is -2.39. The third kappa shape index (κ3) is 13.3. The number of piperidine rings is 1. The van der Waals surface area contributed by atoms with E-state index in [0.29, 0.717) is 113 Å². The molecule has 4 aromatic rings. The number of carbonyl (C=O) groups is 2. The molecule has 2 amide bonds. The third-order valence-electron chi connectivity index (χ3n) is 9.41. The van der Waals surface area contributed by atoms with E-state index < -0.39 is 5.82 Å². The molecule has 15 heteroatoms. The van der Waals surface area contributed by atoms with Crippen LogP contribution in [0.5, 0.6) is 5.88 Å². The highest BCUT2D eigenvalue weighted by atomic mass is 19.1. The second-order valence-electron chi connectivity index (χ2n) is 13.5. The summed E-state index contributed by atoms with van der Waals surface area (Å²) in [4.78, 5) is 37.5. The van der Waals surface area contributed by atoms with Crippen molar-refractivity contribution in [3.05, 3.63) is 88.6 Å². The van der Waals surface area contributed by atoms with E-state index in [4.69, 9.17) is 33.7 Å². The topological polar surface area (TPSA) is 159 Å². The Morgan fingerprint density at radius 3 is 2.21 bits per heavy atom. The standard InChI is InChI=1S/C39H47FN6O7.C3H6O/c1-3-16-49-18-20-51-22-23-52-21-19-50-17-13-42-38(47)30-9-10-34-35(25-30)45(2)37(44-34)39(48)46-14-11-29(12-15-46)33-5-4-6-36(43-33)53-27-31-8-7-28(26-41)24-32(31)40;1-2-4-3-1/h4-10,24-25,29H,3,11-23,27H2,1-2H3,(H,42,47);1-3H2. The summed E-state index contributed by atoms with van der Waals surface area (Å²) < 4.78 is 48.3. The van der Waals surface area contributed by atoms with Gasteiger partial charge in [0, 0.05) is 75.3 Å². The van der Waals surface area contributed by atoms with Crippen molar-refractivity contribution in [3.63, 3.8) is 0 Å². The van der Waals surface area contributed by atoms with Crippen LogP contribution in [0.25, 0.3) is 11.0 Å². The molecule has 306 valence electrons. The quantitative estimate of drug-likeness (QED) is 0.118. The summed E-state index contributed by atoms with van der Waals surface area (Å²) in [5.41, 5.74) is 3.21. The molecule has 0 saturated carbocycles. The number of nitriles is 1. The summed E-state index contributed by atoms with van der Waals surface area (Å²) in [7, 11) is 1.78. The van der Waals surface area contributed by atoms with Crippen molar-refractivity contribution in [1.82, 2.24) is 24.8 Å². The molecule has 2 aromatic heterocycles. The van der Waals surface area contributed by atoms with E-state index in [2.05, 4.69) is 22.2 Å². The largest absolute Gasteiger partial charge is 0.473 e. The number of carbonyl (C=O) groups excluding carboxylic acids is 2. The Kier molecular flexibility index (Phi) is 17.6. The van der Waals surface area contributed by atoms with Gasteiger partial charge in [-0.2, -0.15) is 5.26 Å². The average molecular weight is 789 g/mol. The predicted molar refractivity (Wildman–Crippen MR) is 210 cm³/mol. The van der Waals surface area contributed by atoms with Crippen LogP contribution in [0.3, 0.4) is 0 Å². The first-order chi connectivity index (χ1) is 27.9. The number of aromatic nitrogens is 3. The van der Waals surface area contributed by atoms with E-state index in [-0.39, 0.29) is 29.9 Å². The smallest absolute Gasteiger partial charge is 0.289 e. The predicted octanol–water partition coefficient (Wildman–Crippen LogP) is 5.19. The number of nitrogens with one attached hydrogen (secondary N) is 1. The molecule has 0 unspecified atom stereocenters. The number of halogens is 1. The molecular formula is C42H53FN6O8. The molecule has 2 aromatic carbocycles. The second-order valence-corrected chi connectivity index (χ2v) is 13.5. The number of imidazole rings is 1. The Bertz CT molecular complexity index is 1920. The fraction of sp³-hybridized carbons (Fsp3) is 0.500. The lowest BCUT2D eigenvalue weighted by molar-refractivity contribution is -0.00131. The average Bonchev–Trinajstić information content (AvgIpc) is 3.54. The number of rotatable bonds is 20. The molecule has 4 heterocycles. The number of hydrogen-bond acceptors (Lipinski definition) is 11. The third-order valence-corrected chi connectivity index (χ3v) is 9.41. The maximum atomic E-state index is 14.3. The minimum Gasteiger partial charge on any atom is -0.473 e. The summed E-state index contributed by atoms with van der Waals surface area (Å²) in [6, 6.07) is 16.9. The molecule has 0 spiro atoms. The van der Waals surface area contributed by atoms with Gasteiger partial charge >= 0.3 is 0 Å². The van der Waals surface area contributed by atoms with Crippen LogP contribution in [0, 0.1) is 17.1 Å². The van der Waals surface area contributed by atoms with Crippen LogP contribution in [0.4, 0.5) is 4.39 Å². The lowest BCUT2D eigenvalue weighted by Gasteiger charge is -2.31. The van der Waals surface area contributed by atoms with Gasteiger partial charge in [0.2, 0.25) is 5.88 Å². The Morgan fingerprint density at radius 1 is 0.912 bits per heavy atom. The highest BCUT2D eigenvalue weighted by Gasteiger charge is 2.28. The zero-order valence-electron chi connectivity index (χ0n) is 32.9. The molecular weight excluding hydrogens is 735 g/mol. The van der Waals surface area contributed by atoms with Crippen molar-refractivity contribution in [1.29, 1.82) is 5.26 Å². The number of benzene rings is 2. The van der Waals surface area contributed by atoms with E-state index in [1.54, 1.807) is 46.8 Å². The Labute approximate surface area is 333 Å². The van der Waals surface area contributed by atoms with Gasteiger partial charge in [0.1, 0.15) is 12.4 Å². The molecule has 14 nitrogen and oxygen atoms in total. The first-order valence-corrected chi connectivity index (χ1v) is 19.6. The van der Waals surface area contributed by atoms with Crippen LogP contribution in [0.1, 0.15) is 76.3 Å². The van der Waals surface area contributed by atoms with E-state index in [0.717, 1.165) is 31.9 Å². The molecule has 0 atom stereocenters.